The van der Waals surface area contributed by atoms with E-state index in [1.165, 1.54) is 0 Å². The Labute approximate surface area is 131 Å². The predicted octanol–water partition coefficient (Wildman–Crippen LogP) is 4.81. The molecule has 20 heavy (non-hydrogen) atoms. The molecule has 1 atom stereocenters. The first-order valence-electron chi connectivity index (χ1n) is 6.30. The average molecular weight is 357 g/mol. The van der Waals surface area contributed by atoms with Crippen molar-refractivity contribution in [3.05, 3.63) is 40.2 Å². The number of halogens is 2. The van der Waals surface area contributed by atoms with E-state index in [1.807, 2.05) is 31.2 Å². The molecule has 1 heterocycles. The summed E-state index contributed by atoms with van der Waals surface area (Å²) in [5.41, 5.74) is 0.876. The predicted molar refractivity (Wildman–Crippen MR) is 84.8 cm³/mol. The van der Waals surface area contributed by atoms with Gasteiger partial charge in [-0.05, 0) is 53.0 Å². The SMILES string of the molecule is CCC(C)Oc1cccc(Nc2nc(Cl)ncc2Br)c1. The lowest BCUT2D eigenvalue weighted by Crippen LogP contribution is -2.09. The van der Waals surface area contributed by atoms with E-state index in [0.29, 0.717) is 5.82 Å². The first kappa shape index (κ1) is 15.1. The normalized spacial score (nSPS) is 12.0. The minimum absolute atomic E-state index is 0.186. The van der Waals surface area contributed by atoms with Gasteiger partial charge in [0.1, 0.15) is 11.6 Å². The second kappa shape index (κ2) is 6.90. The van der Waals surface area contributed by atoms with Crippen LogP contribution in [0, 0.1) is 0 Å². The highest BCUT2D eigenvalue weighted by Gasteiger charge is 2.06. The van der Waals surface area contributed by atoms with Crippen molar-refractivity contribution in [3.8, 4) is 5.75 Å². The Hall–Kier alpha value is -1.33. The van der Waals surface area contributed by atoms with Crippen LogP contribution in [0.5, 0.6) is 5.75 Å². The van der Waals surface area contributed by atoms with Crippen molar-refractivity contribution in [2.24, 2.45) is 0 Å². The van der Waals surface area contributed by atoms with Crippen LogP contribution in [0.3, 0.4) is 0 Å². The second-order valence-electron chi connectivity index (χ2n) is 4.33. The number of hydrogen-bond donors (Lipinski definition) is 1. The molecule has 1 unspecified atom stereocenters. The lowest BCUT2D eigenvalue weighted by atomic mass is 10.2. The van der Waals surface area contributed by atoms with Gasteiger partial charge in [-0.1, -0.05) is 13.0 Å². The van der Waals surface area contributed by atoms with E-state index in [1.54, 1.807) is 6.20 Å². The fourth-order valence-electron chi connectivity index (χ4n) is 1.53. The van der Waals surface area contributed by atoms with E-state index in [2.05, 4.69) is 38.1 Å². The van der Waals surface area contributed by atoms with Crippen molar-refractivity contribution in [2.75, 3.05) is 5.32 Å². The number of anilines is 2. The molecule has 0 bridgehead atoms. The van der Waals surface area contributed by atoms with Crippen molar-refractivity contribution in [1.29, 1.82) is 0 Å². The largest absolute Gasteiger partial charge is 0.491 e. The van der Waals surface area contributed by atoms with Gasteiger partial charge in [-0.25, -0.2) is 4.98 Å². The summed E-state index contributed by atoms with van der Waals surface area (Å²) >= 11 is 9.17. The smallest absolute Gasteiger partial charge is 0.224 e. The summed E-state index contributed by atoms with van der Waals surface area (Å²) in [6, 6.07) is 7.72. The molecule has 0 aliphatic carbocycles. The van der Waals surface area contributed by atoms with Gasteiger partial charge < -0.3 is 10.1 Å². The van der Waals surface area contributed by atoms with Crippen LogP contribution in [0.25, 0.3) is 0 Å². The van der Waals surface area contributed by atoms with Gasteiger partial charge in [0, 0.05) is 18.0 Å². The molecule has 1 aromatic carbocycles. The van der Waals surface area contributed by atoms with Crippen LogP contribution in [-0.2, 0) is 0 Å². The van der Waals surface area contributed by atoms with Gasteiger partial charge in [0.25, 0.3) is 0 Å². The quantitative estimate of drug-likeness (QED) is 0.781. The summed E-state index contributed by atoms with van der Waals surface area (Å²) in [6.07, 6.45) is 2.76. The Kier molecular flexibility index (Phi) is 5.20. The lowest BCUT2D eigenvalue weighted by Gasteiger charge is -2.14. The third-order valence-corrected chi connectivity index (χ3v) is 3.49. The maximum atomic E-state index is 5.79. The lowest BCUT2D eigenvalue weighted by molar-refractivity contribution is 0.217. The van der Waals surface area contributed by atoms with Gasteiger partial charge in [0.05, 0.1) is 10.6 Å². The first-order valence-corrected chi connectivity index (χ1v) is 7.47. The van der Waals surface area contributed by atoms with Gasteiger partial charge >= 0.3 is 0 Å². The molecule has 0 spiro atoms. The van der Waals surface area contributed by atoms with Crippen LogP contribution in [0.1, 0.15) is 20.3 Å². The van der Waals surface area contributed by atoms with E-state index in [-0.39, 0.29) is 11.4 Å². The molecule has 0 radical (unpaired) electrons. The number of nitrogens with zero attached hydrogens (tertiary/aromatic N) is 2. The number of hydrogen-bond acceptors (Lipinski definition) is 4. The Bertz CT molecular complexity index is 594. The first-order chi connectivity index (χ1) is 9.58. The number of benzene rings is 1. The van der Waals surface area contributed by atoms with E-state index < -0.39 is 0 Å². The Morgan fingerprint density at radius 1 is 1.45 bits per heavy atom. The number of ether oxygens (including phenoxy) is 1. The molecule has 2 aromatic rings. The van der Waals surface area contributed by atoms with E-state index >= 15 is 0 Å². The van der Waals surface area contributed by atoms with Crippen molar-refractivity contribution >= 4 is 39.0 Å². The Balaban J connectivity index is 2.17. The summed E-state index contributed by atoms with van der Waals surface area (Å²) < 4.78 is 6.53. The van der Waals surface area contributed by atoms with Crippen LogP contribution in [0.15, 0.2) is 34.9 Å². The molecular weight excluding hydrogens is 342 g/mol. The van der Waals surface area contributed by atoms with Crippen molar-refractivity contribution < 1.29 is 4.74 Å². The fourth-order valence-corrected chi connectivity index (χ4v) is 1.96. The monoisotopic (exact) mass is 355 g/mol. The molecule has 0 amide bonds. The summed E-state index contributed by atoms with van der Waals surface area (Å²) in [4.78, 5) is 8.02. The highest BCUT2D eigenvalue weighted by molar-refractivity contribution is 9.10. The van der Waals surface area contributed by atoms with E-state index in [9.17, 15) is 0 Å². The average Bonchev–Trinajstić information content (AvgIpc) is 2.43. The zero-order valence-corrected chi connectivity index (χ0v) is 13.6. The summed E-state index contributed by atoms with van der Waals surface area (Å²) in [6.45, 7) is 4.13. The summed E-state index contributed by atoms with van der Waals surface area (Å²) in [5.74, 6) is 1.44. The molecule has 0 saturated carbocycles. The zero-order valence-electron chi connectivity index (χ0n) is 11.2. The second-order valence-corrected chi connectivity index (χ2v) is 5.52. The van der Waals surface area contributed by atoms with Crippen molar-refractivity contribution in [3.63, 3.8) is 0 Å². The van der Waals surface area contributed by atoms with Gasteiger partial charge in [0.15, 0.2) is 0 Å². The van der Waals surface area contributed by atoms with Gasteiger partial charge in [-0.15, -0.1) is 0 Å². The maximum absolute atomic E-state index is 5.79. The van der Waals surface area contributed by atoms with Crippen molar-refractivity contribution in [2.45, 2.75) is 26.4 Å². The van der Waals surface area contributed by atoms with Crippen LogP contribution in [-0.4, -0.2) is 16.1 Å². The number of rotatable bonds is 5. The van der Waals surface area contributed by atoms with Gasteiger partial charge in [0.2, 0.25) is 5.28 Å². The van der Waals surface area contributed by atoms with Crippen LogP contribution in [0.2, 0.25) is 5.28 Å². The third-order valence-electron chi connectivity index (χ3n) is 2.72. The molecule has 1 aromatic heterocycles. The maximum Gasteiger partial charge on any atom is 0.224 e. The molecular formula is C14H15BrClN3O. The highest BCUT2D eigenvalue weighted by atomic mass is 79.9. The minimum Gasteiger partial charge on any atom is -0.491 e. The summed E-state index contributed by atoms with van der Waals surface area (Å²) in [5, 5.41) is 3.38. The van der Waals surface area contributed by atoms with Crippen molar-refractivity contribution in [1.82, 2.24) is 9.97 Å². The van der Waals surface area contributed by atoms with E-state index in [4.69, 9.17) is 16.3 Å². The molecule has 106 valence electrons. The van der Waals surface area contributed by atoms with Gasteiger partial charge in [-0.3, -0.25) is 0 Å². The zero-order chi connectivity index (χ0) is 14.5. The fraction of sp³-hybridized carbons (Fsp3) is 0.286. The van der Waals surface area contributed by atoms with Crippen LogP contribution >= 0.6 is 27.5 Å². The standard InChI is InChI=1S/C14H15BrClN3O/c1-3-9(2)20-11-6-4-5-10(7-11)18-13-12(15)8-17-14(16)19-13/h4-9H,3H2,1-2H3,(H,17,18,19). The van der Waals surface area contributed by atoms with Gasteiger partial charge in [-0.2, -0.15) is 4.98 Å². The number of nitrogens with one attached hydrogen (secondary N) is 1. The molecule has 0 fully saturated rings. The van der Waals surface area contributed by atoms with Crippen LogP contribution < -0.4 is 10.1 Å². The molecule has 6 heteroatoms. The summed E-state index contributed by atoms with van der Waals surface area (Å²) in [7, 11) is 0. The molecule has 2 rings (SSSR count). The molecule has 1 N–H and O–H groups in total. The highest BCUT2D eigenvalue weighted by Crippen LogP contribution is 2.26. The Morgan fingerprint density at radius 2 is 2.25 bits per heavy atom. The molecule has 0 aliphatic rings. The molecule has 0 aliphatic heterocycles. The number of aromatic nitrogens is 2. The Morgan fingerprint density at radius 3 is 3.00 bits per heavy atom. The molecule has 4 nitrogen and oxygen atoms in total. The minimum atomic E-state index is 0.186. The molecule has 0 saturated heterocycles. The third kappa shape index (κ3) is 4.08. The van der Waals surface area contributed by atoms with Crippen LogP contribution in [0.4, 0.5) is 11.5 Å². The van der Waals surface area contributed by atoms with E-state index in [0.717, 1.165) is 22.3 Å². The topological polar surface area (TPSA) is 47.0 Å².